The molecule has 0 bridgehead atoms. The SMILES string of the molecule is C=C1C[C@@]2(O)CC(=NOCC(C)N)CC[C@]2(C)[C@H]2CC[C@]3(C)C(=O)CC[C@H]3[C@H]12. The fourth-order valence-corrected chi connectivity index (χ4v) is 7.07. The van der Waals surface area contributed by atoms with Crippen molar-refractivity contribution in [3.63, 3.8) is 0 Å². The largest absolute Gasteiger partial charge is 0.394 e. The summed E-state index contributed by atoms with van der Waals surface area (Å²) in [4.78, 5) is 18.0. The zero-order valence-corrected chi connectivity index (χ0v) is 17.7. The standard InChI is InChI=1S/C23H36N2O3/c1-14-11-23(27)12-16(25-28-13-15(2)24)7-10-22(23,4)18-8-9-21(3)17(20(14)18)5-6-19(21)26/h15,17-18,20,27H,1,5-13,24H2,2-4H3/t15?,17-,18-,20-,21-,22+,23+/m0/s1. The number of Topliss-reactive ketones (excluding diaryl/α,β-unsaturated/α-hetero) is 1. The maximum absolute atomic E-state index is 12.6. The fourth-order valence-electron chi connectivity index (χ4n) is 7.07. The number of carbonyl (C=O) groups excluding carboxylic acids is 1. The molecular weight excluding hydrogens is 352 g/mol. The van der Waals surface area contributed by atoms with E-state index in [9.17, 15) is 9.90 Å². The highest BCUT2D eigenvalue weighted by atomic mass is 16.6. The summed E-state index contributed by atoms with van der Waals surface area (Å²) in [6.45, 7) is 11.2. The van der Waals surface area contributed by atoms with E-state index in [0.29, 0.717) is 49.4 Å². The molecule has 0 spiro atoms. The Morgan fingerprint density at radius 3 is 2.71 bits per heavy atom. The quantitative estimate of drug-likeness (QED) is 0.571. The van der Waals surface area contributed by atoms with Crippen LogP contribution in [0.2, 0.25) is 0 Å². The van der Waals surface area contributed by atoms with Crippen molar-refractivity contribution in [3.8, 4) is 0 Å². The van der Waals surface area contributed by atoms with E-state index in [2.05, 4.69) is 25.6 Å². The molecule has 0 heterocycles. The van der Waals surface area contributed by atoms with Crippen LogP contribution in [-0.4, -0.2) is 34.9 Å². The second kappa shape index (κ2) is 6.66. The van der Waals surface area contributed by atoms with E-state index in [1.807, 2.05) is 6.92 Å². The van der Waals surface area contributed by atoms with Crippen LogP contribution in [0.25, 0.3) is 0 Å². The first-order valence-electron chi connectivity index (χ1n) is 11.0. The van der Waals surface area contributed by atoms with Crippen molar-refractivity contribution in [2.45, 2.75) is 83.8 Å². The second-order valence-corrected chi connectivity index (χ2v) is 10.5. The molecule has 0 aliphatic heterocycles. The second-order valence-electron chi connectivity index (χ2n) is 10.5. The van der Waals surface area contributed by atoms with Crippen LogP contribution >= 0.6 is 0 Å². The van der Waals surface area contributed by atoms with Crippen LogP contribution in [0.1, 0.15) is 72.1 Å². The van der Waals surface area contributed by atoms with Gasteiger partial charge in [-0.25, -0.2) is 0 Å². The van der Waals surface area contributed by atoms with Crippen LogP contribution in [-0.2, 0) is 9.63 Å². The maximum atomic E-state index is 12.6. The third-order valence-electron chi connectivity index (χ3n) is 8.81. The molecule has 0 aromatic rings. The molecule has 0 saturated heterocycles. The van der Waals surface area contributed by atoms with Crippen molar-refractivity contribution in [1.29, 1.82) is 0 Å². The van der Waals surface area contributed by atoms with Crippen LogP contribution in [0.5, 0.6) is 0 Å². The fraction of sp³-hybridized carbons (Fsp3) is 0.826. The Bertz CT molecular complexity index is 717. The summed E-state index contributed by atoms with van der Waals surface area (Å²) < 4.78 is 0. The smallest absolute Gasteiger partial charge is 0.139 e. The molecule has 3 N–H and O–H groups in total. The summed E-state index contributed by atoms with van der Waals surface area (Å²) in [6, 6.07) is -0.0535. The molecule has 0 radical (unpaired) electrons. The van der Waals surface area contributed by atoms with Gasteiger partial charge in [0.2, 0.25) is 0 Å². The Balaban J connectivity index is 1.60. The van der Waals surface area contributed by atoms with Gasteiger partial charge in [-0.15, -0.1) is 0 Å². The first-order chi connectivity index (χ1) is 13.1. The molecule has 156 valence electrons. The molecule has 28 heavy (non-hydrogen) atoms. The summed E-state index contributed by atoms with van der Waals surface area (Å²) in [6.07, 6.45) is 6.59. The molecular formula is C23H36N2O3. The predicted octanol–water partition coefficient (Wildman–Crippen LogP) is 3.60. The van der Waals surface area contributed by atoms with Gasteiger partial charge in [0, 0.05) is 29.7 Å². The summed E-state index contributed by atoms with van der Waals surface area (Å²) in [7, 11) is 0. The monoisotopic (exact) mass is 388 g/mol. The number of aliphatic hydroxyl groups is 1. The highest BCUT2D eigenvalue weighted by molar-refractivity contribution is 5.87. The molecule has 4 rings (SSSR count). The summed E-state index contributed by atoms with van der Waals surface area (Å²) in [5.41, 5.74) is 6.66. The number of ketones is 1. The minimum atomic E-state index is -0.823. The number of carbonyl (C=O) groups is 1. The topological polar surface area (TPSA) is 84.9 Å². The Hall–Kier alpha value is -1.20. The zero-order chi connectivity index (χ0) is 20.3. The van der Waals surface area contributed by atoms with Gasteiger partial charge in [0.1, 0.15) is 12.4 Å². The van der Waals surface area contributed by atoms with Crippen LogP contribution in [0, 0.1) is 28.6 Å². The van der Waals surface area contributed by atoms with Gasteiger partial charge < -0.3 is 15.7 Å². The number of nitrogens with zero attached hydrogens (tertiary/aromatic N) is 1. The van der Waals surface area contributed by atoms with Crippen molar-refractivity contribution in [2.24, 2.45) is 39.5 Å². The van der Waals surface area contributed by atoms with Gasteiger partial charge in [-0.2, -0.15) is 0 Å². The van der Waals surface area contributed by atoms with Gasteiger partial charge in [0.05, 0.1) is 11.3 Å². The van der Waals surface area contributed by atoms with Gasteiger partial charge in [-0.05, 0) is 63.2 Å². The van der Waals surface area contributed by atoms with Gasteiger partial charge >= 0.3 is 0 Å². The Morgan fingerprint density at radius 2 is 2.00 bits per heavy atom. The molecule has 5 nitrogen and oxygen atoms in total. The lowest BCUT2D eigenvalue weighted by molar-refractivity contribution is -0.170. The van der Waals surface area contributed by atoms with Crippen LogP contribution in [0.3, 0.4) is 0 Å². The van der Waals surface area contributed by atoms with E-state index in [1.165, 1.54) is 0 Å². The van der Waals surface area contributed by atoms with Gasteiger partial charge in [0.15, 0.2) is 0 Å². The van der Waals surface area contributed by atoms with Crippen molar-refractivity contribution in [1.82, 2.24) is 0 Å². The van der Waals surface area contributed by atoms with Gasteiger partial charge in [-0.3, -0.25) is 4.79 Å². The zero-order valence-electron chi connectivity index (χ0n) is 17.7. The van der Waals surface area contributed by atoms with Crippen LogP contribution in [0.4, 0.5) is 0 Å². The third-order valence-corrected chi connectivity index (χ3v) is 8.81. The highest BCUT2D eigenvalue weighted by Crippen LogP contribution is 2.67. The van der Waals surface area contributed by atoms with Crippen molar-refractivity contribution in [3.05, 3.63) is 12.2 Å². The van der Waals surface area contributed by atoms with Crippen LogP contribution in [0.15, 0.2) is 17.3 Å². The summed E-state index contributed by atoms with van der Waals surface area (Å²) >= 11 is 0. The van der Waals surface area contributed by atoms with Crippen molar-refractivity contribution < 1.29 is 14.7 Å². The minimum Gasteiger partial charge on any atom is -0.394 e. The highest BCUT2D eigenvalue weighted by Gasteiger charge is 2.65. The number of nitrogens with two attached hydrogens (primary N) is 1. The van der Waals surface area contributed by atoms with E-state index in [4.69, 9.17) is 10.6 Å². The van der Waals surface area contributed by atoms with E-state index >= 15 is 0 Å². The molecule has 4 aliphatic carbocycles. The van der Waals surface area contributed by atoms with Crippen molar-refractivity contribution >= 4 is 11.5 Å². The molecule has 0 aromatic heterocycles. The average molecular weight is 389 g/mol. The molecule has 4 fully saturated rings. The molecule has 4 aliphatic rings. The predicted molar refractivity (Wildman–Crippen MR) is 110 cm³/mol. The Kier molecular flexibility index (Phi) is 4.78. The molecule has 0 amide bonds. The molecule has 1 unspecified atom stereocenters. The number of hydrogen-bond acceptors (Lipinski definition) is 5. The van der Waals surface area contributed by atoms with E-state index in [0.717, 1.165) is 43.4 Å². The van der Waals surface area contributed by atoms with E-state index in [-0.39, 0.29) is 16.9 Å². The third kappa shape index (κ3) is 2.80. The van der Waals surface area contributed by atoms with Gasteiger partial charge in [0.25, 0.3) is 0 Å². The molecule has 5 heteroatoms. The summed E-state index contributed by atoms with van der Waals surface area (Å²) in [5, 5.41) is 16.1. The maximum Gasteiger partial charge on any atom is 0.139 e. The average Bonchev–Trinajstić information content (AvgIpc) is 2.91. The number of rotatable bonds is 3. The first kappa shape index (κ1) is 20.1. The number of hydrogen-bond donors (Lipinski definition) is 2. The van der Waals surface area contributed by atoms with Crippen LogP contribution < -0.4 is 5.73 Å². The molecule has 0 aromatic carbocycles. The Morgan fingerprint density at radius 1 is 1.25 bits per heavy atom. The van der Waals surface area contributed by atoms with E-state index < -0.39 is 5.60 Å². The minimum absolute atomic E-state index is 0.0535. The van der Waals surface area contributed by atoms with Gasteiger partial charge in [-0.1, -0.05) is 31.2 Å². The normalized spacial score (nSPS) is 48.0. The Labute approximate surface area is 168 Å². The summed E-state index contributed by atoms with van der Waals surface area (Å²) in [5.74, 6) is 1.61. The molecule has 4 saturated carbocycles. The molecule has 7 atom stereocenters. The first-order valence-corrected chi connectivity index (χ1v) is 11.0. The lowest BCUT2D eigenvalue weighted by Gasteiger charge is -2.63. The lowest BCUT2D eigenvalue weighted by atomic mass is 9.43. The number of oxime groups is 1. The van der Waals surface area contributed by atoms with E-state index in [1.54, 1.807) is 0 Å². The van der Waals surface area contributed by atoms with Crippen molar-refractivity contribution in [2.75, 3.05) is 6.61 Å². The lowest BCUT2D eigenvalue weighted by Crippen LogP contribution is -2.63. The number of fused-ring (bicyclic) bond motifs is 5.